The minimum Gasteiger partial charge on any atom is -0.359 e. The van der Waals surface area contributed by atoms with Crippen LogP contribution in [0.4, 0.5) is 0 Å². The molecule has 2 N–H and O–H groups in total. The largest absolute Gasteiger partial charge is 0.359 e. The Morgan fingerprint density at radius 1 is 1.47 bits per heavy atom. The monoisotopic (exact) mass is 286 g/mol. The molecule has 0 saturated carbocycles. The normalized spacial score (nSPS) is 10.6. The highest BCUT2D eigenvalue weighted by Crippen LogP contribution is 2.33. The Morgan fingerprint density at radius 3 is 2.93 bits per heavy atom. The second-order valence-electron chi connectivity index (χ2n) is 2.98. The van der Waals surface area contributed by atoms with E-state index in [1.807, 2.05) is 18.2 Å². The first-order valence-corrected chi connectivity index (χ1v) is 5.49. The van der Waals surface area contributed by atoms with E-state index in [-0.39, 0.29) is 0 Å². The molecule has 0 saturated heterocycles. The number of hydrogen-bond donors (Lipinski definition) is 1. The summed E-state index contributed by atoms with van der Waals surface area (Å²) in [6.45, 7) is 0.332. The van der Waals surface area contributed by atoms with Crippen molar-refractivity contribution in [3.05, 3.63) is 39.5 Å². The van der Waals surface area contributed by atoms with Crippen molar-refractivity contribution in [1.29, 1.82) is 0 Å². The summed E-state index contributed by atoms with van der Waals surface area (Å²) in [6, 6.07) is 7.43. The molecule has 0 radical (unpaired) electrons. The summed E-state index contributed by atoms with van der Waals surface area (Å²) in [5, 5.41) is 4.52. The van der Waals surface area contributed by atoms with Crippen molar-refractivity contribution in [2.75, 3.05) is 0 Å². The van der Waals surface area contributed by atoms with Crippen LogP contribution in [0.5, 0.6) is 0 Å². The highest BCUT2D eigenvalue weighted by molar-refractivity contribution is 9.10. The van der Waals surface area contributed by atoms with Crippen LogP contribution in [-0.2, 0) is 6.54 Å². The molecule has 2 rings (SSSR count). The van der Waals surface area contributed by atoms with E-state index in [1.165, 1.54) is 0 Å². The molecule has 0 unspecified atom stereocenters. The molecule has 5 heteroatoms. The van der Waals surface area contributed by atoms with Gasteiger partial charge in [0, 0.05) is 16.1 Å². The molecule has 0 bridgehead atoms. The summed E-state index contributed by atoms with van der Waals surface area (Å²) in [5.41, 5.74) is 6.96. The fourth-order valence-corrected chi connectivity index (χ4v) is 1.83. The molecule has 1 aromatic carbocycles. The van der Waals surface area contributed by atoms with E-state index < -0.39 is 0 Å². The Hall–Kier alpha value is -0.840. The molecule has 78 valence electrons. The first-order valence-electron chi connectivity index (χ1n) is 4.32. The first kappa shape index (κ1) is 10.7. The summed E-state index contributed by atoms with van der Waals surface area (Å²) in [7, 11) is 0. The molecule has 0 atom stereocenters. The summed E-state index contributed by atoms with van der Waals surface area (Å²) in [4.78, 5) is 0. The van der Waals surface area contributed by atoms with Crippen LogP contribution >= 0.6 is 27.5 Å². The number of hydrogen-bond acceptors (Lipinski definition) is 3. The summed E-state index contributed by atoms with van der Waals surface area (Å²) < 4.78 is 5.85. The maximum atomic E-state index is 6.12. The average molecular weight is 288 g/mol. The minimum absolute atomic E-state index is 0.332. The van der Waals surface area contributed by atoms with Crippen LogP contribution < -0.4 is 5.73 Å². The van der Waals surface area contributed by atoms with E-state index in [0.29, 0.717) is 23.0 Å². The molecule has 0 spiro atoms. The van der Waals surface area contributed by atoms with Crippen molar-refractivity contribution >= 4 is 27.5 Å². The molecule has 0 amide bonds. The van der Waals surface area contributed by atoms with Gasteiger partial charge in [-0.05, 0) is 22.0 Å². The predicted octanol–water partition coefficient (Wildman–Crippen LogP) is 3.22. The van der Waals surface area contributed by atoms with Crippen LogP contribution in [0.2, 0.25) is 5.02 Å². The minimum atomic E-state index is 0.332. The van der Waals surface area contributed by atoms with E-state index in [9.17, 15) is 0 Å². The maximum Gasteiger partial charge on any atom is 0.150 e. The quantitative estimate of drug-likeness (QED) is 0.922. The molecular formula is C10H8BrClN2O. The zero-order valence-electron chi connectivity index (χ0n) is 7.71. The van der Waals surface area contributed by atoms with Gasteiger partial charge in [0.15, 0.2) is 5.76 Å². The van der Waals surface area contributed by atoms with Crippen LogP contribution in [0.3, 0.4) is 0 Å². The van der Waals surface area contributed by atoms with E-state index in [1.54, 1.807) is 6.07 Å². The molecule has 0 fully saturated rings. The van der Waals surface area contributed by atoms with Gasteiger partial charge in [-0.1, -0.05) is 28.9 Å². The number of halogens is 2. The zero-order valence-corrected chi connectivity index (χ0v) is 10.0. The van der Waals surface area contributed by atoms with Crippen molar-refractivity contribution in [3.8, 4) is 11.3 Å². The molecule has 0 aliphatic rings. The Kier molecular flexibility index (Phi) is 3.09. The highest BCUT2D eigenvalue weighted by Gasteiger charge is 2.10. The Morgan fingerprint density at radius 2 is 2.27 bits per heavy atom. The van der Waals surface area contributed by atoms with E-state index in [0.717, 1.165) is 10.0 Å². The fraction of sp³-hybridized carbons (Fsp3) is 0.100. The smallest absolute Gasteiger partial charge is 0.150 e. The first-order chi connectivity index (χ1) is 7.22. The Balaban J connectivity index is 2.49. The van der Waals surface area contributed by atoms with Crippen LogP contribution in [0, 0.1) is 0 Å². The van der Waals surface area contributed by atoms with Gasteiger partial charge in [-0.3, -0.25) is 0 Å². The SMILES string of the molecule is NCc1cc(-c2cccc(Br)c2Cl)no1. The van der Waals surface area contributed by atoms with Crippen LogP contribution in [0.25, 0.3) is 11.3 Å². The number of nitrogens with two attached hydrogens (primary N) is 1. The van der Waals surface area contributed by atoms with Crippen molar-refractivity contribution in [2.45, 2.75) is 6.54 Å². The third-order valence-corrected chi connectivity index (χ3v) is 3.28. The summed E-state index contributed by atoms with van der Waals surface area (Å²) in [5.74, 6) is 0.640. The van der Waals surface area contributed by atoms with Gasteiger partial charge >= 0.3 is 0 Å². The van der Waals surface area contributed by atoms with E-state index in [2.05, 4.69) is 21.1 Å². The zero-order chi connectivity index (χ0) is 10.8. The van der Waals surface area contributed by atoms with Gasteiger partial charge in [0.2, 0.25) is 0 Å². The summed E-state index contributed by atoms with van der Waals surface area (Å²) in [6.07, 6.45) is 0. The van der Waals surface area contributed by atoms with Crippen LogP contribution in [0.1, 0.15) is 5.76 Å². The third-order valence-electron chi connectivity index (χ3n) is 1.99. The molecule has 2 aromatic rings. The lowest BCUT2D eigenvalue weighted by atomic mass is 10.1. The number of rotatable bonds is 2. The van der Waals surface area contributed by atoms with E-state index >= 15 is 0 Å². The Bertz CT molecular complexity index is 484. The third kappa shape index (κ3) is 2.07. The second kappa shape index (κ2) is 4.35. The topological polar surface area (TPSA) is 52.0 Å². The standard InChI is InChI=1S/C10H8BrClN2O/c11-8-3-1-2-7(10(8)12)9-4-6(5-13)15-14-9/h1-4H,5,13H2. The summed E-state index contributed by atoms with van der Waals surface area (Å²) >= 11 is 9.47. The van der Waals surface area contributed by atoms with Gasteiger partial charge in [0.05, 0.1) is 11.6 Å². The second-order valence-corrected chi connectivity index (χ2v) is 4.22. The number of aromatic nitrogens is 1. The lowest BCUT2D eigenvalue weighted by Crippen LogP contribution is -1.92. The Labute approximate surface area is 100 Å². The predicted molar refractivity (Wildman–Crippen MR) is 62.5 cm³/mol. The molecule has 1 aromatic heterocycles. The maximum absolute atomic E-state index is 6.12. The molecule has 1 heterocycles. The lowest BCUT2D eigenvalue weighted by molar-refractivity contribution is 0.387. The van der Waals surface area contributed by atoms with Gasteiger partial charge in [0.1, 0.15) is 5.69 Å². The van der Waals surface area contributed by atoms with E-state index in [4.69, 9.17) is 21.9 Å². The molecule has 3 nitrogen and oxygen atoms in total. The highest BCUT2D eigenvalue weighted by atomic mass is 79.9. The van der Waals surface area contributed by atoms with Crippen molar-refractivity contribution < 1.29 is 4.52 Å². The molecule has 15 heavy (non-hydrogen) atoms. The molecule has 0 aliphatic heterocycles. The number of nitrogens with zero attached hydrogens (tertiary/aromatic N) is 1. The van der Waals surface area contributed by atoms with Gasteiger partial charge in [0.25, 0.3) is 0 Å². The van der Waals surface area contributed by atoms with Crippen molar-refractivity contribution in [2.24, 2.45) is 5.73 Å². The van der Waals surface area contributed by atoms with Crippen LogP contribution in [-0.4, -0.2) is 5.16 Å². The van der Waals surface area contributed by atoms with Gasteiger partial charge in [-0.2, -0.15) is 0 Å². The van der Waals surface area contributed by atoms with Gasteiger partial charge in [-0.15, -0.1) is 0 Å². The fourth-order valence-electron chi connectivity index (χ4n) is 1.24. The lowest BCUT2D eigenvalue weighted by Gasteiger charge is -2.00. The molecule has 0 aliphatic carbocycles. The van der Waals surface area contributed by atoms with Crippen molar-refractivity contribution in [3.63, 3.8) is 0 Å². The molecular weight excluding hydrogens is 279 g/mol. The van der Waals surface area contributed by atoms with Crippen molar-refractivity contribution in [1.82, 2.24) is 5.16 Å². The number of benzene rings is 1. The van der Waals surface area contributed by atoms with Crippen LogP contribution in [0.15, 0.2) is 33.3 Å². The average Bonchev–Trinajstić information content (AvgIpc) is 2.70. The van der Waals surface area contributed by atoms with Gasteiger partial charge in [-0.25, -0.2) is 0 Å². The van der Waals surface area contributed by atoms with Gasteiger partial charge < -0.3 is 10.3 Å².